The summed E-state index contributed by atoms with van der Waals surface area (Å²) in [7, 11) is 0. The van der Waals surface area contributed by atoms with Gasteiger partial charge in [-0.3, -0.25) is 4.79 Å². The summed E-state index contributed by atoms with van der Waals surface area (Å²) in [5, 5.41) is 4.69. The average molecular weight is 438 g/mol. The second-order valence-electron chi connectivity index (χ2n) is 5.88. The molecule has 0 radical (unpaired) electrons. The second kappa shape index (κ2) is 9.82. The van der Waals surface area contributed by atoms with Gasteiger partial charge in [-0.05, 0) is 42.0 Å². The highest BCUT2D eigenvalue weighted by atomic mass is 79.9. The van der Waals surface area contributed by atoms with E-state index in [4.69, 9.17) is 9.47 Å². The molecule has 0 spiro atoms. The highest BCUT2D eigenvalue weighted by Crippen LogP contribution is 2.28. The topological polar surface area (TPSA) is 47.6 Å². The van der Waals surface area contributed by atoms with Gasteiger partial charge >= 0.3 is 0 Å². The summed E-state index contributed by atoms with van der Waals surface area (Å²) >= 11 is 3.39. The Morgan fingerprint density at radius 2 is 1.89 bits per heavy atom. The first kappa shape index (κ1) is 19.8. The van der Waals surface area contributed by atoms with Crippen LogP contribution in [0.25, 0.3) is 10.8 Å². The molecule has 0 aliphatic rings. The number of amides is 1. The van der Waals surface area contributed by atoms with Gasteiger partial charge in [0.25, 0.3) is 5.91 Å². The molecule has 0 atom stereocenters. The van der Waals surface area contributed by atoms with Crippen molar-refractivity contribution in [1.82, 2.24) is 5.32 Å². The first-order valence-corrected chi connectivity index (χ1v) is 9.75. The fourth-order valence-corrected chi connectivity index (χ4v) is 3.14. The molecule has 3 aromatic rings. The fourth-order valence-electron chi connectivity index (χ4n) is 2.76. The third kappa shape index (κ3) is 5.05. The molecule has 0 aliphatic carbocycles. The van der Waals surface area contributed by atoms with Crippen LogP contribution in [0.5, 0.6) is 11.5 Å². The number of halogens is 1. The largest absolute Gasteiger partial charge is 0.493 e. The Kier molecular flexibility index (Phi) is 6.94. The number of hydrogen-bond acceptors (Lipinski definition) is 3. The number of ether oxygens (including phenoxy) is 2. The van der Waals surface area contributed by atoms with Gasteiger partial charge in [-0.15, -0.1) is 0 Å². The Morgan fingerprint density at radius 3 is 2.71 bits per heavy atom. The zero-order valence-electron chi connectivity index (χ0n) is 15.5. The van der Waals surface area contributed by atoms with Crippen LogP contribution in [0.1, 0.15) is 17.3 Å². The molecule has 3 aromatic carbocycles. The number of fused-ring (bicyclic) bond motifs is 1. The number of nitrogens with one attached hydrogen (secondary N) is 1. The Bertz CT molecular complexity index is 1040. The molecule has 1 N–H and O–H groups in total. The van der Waals surface area contributed by atoms with E-state index in [1.807, 2.05) is 67.6 Å². The lowest BCUT2D eigenvalue weighted by Crippen LogP contribution is -2.24. The zero-order valence-corrected chi connectivity index (χ0v) is 17.1. The predicted molar refractivity (Wildman–Crippen MR) is 115 cm³/mol. The average Bonchev–Trinajstić information content (AvgIpc) is 2.70. The minimum absolute atomic E-state index is 0.206. The lowest BCUT2D eigenvalue weighted by molar-refractivity contribution is 0.0956. The van der Waals surface area contributed by atoms with Crippen LogP contribution in [-0.4, -0.2) is 25.7 Å². The van der Waals surface area contributed by atoms with Crippen molar-refractivity contribution in [2.24, 2.45) is 0 Å². The van der Waals surface area contributed by atoms with Crippen molar-refractivity contribution in [3.63, 3.8) is 0 Å². The van der Waals surface area contributed by atoms with Gasteiger partial charge in [0.2, 0.25) is 0 Å². The molecule has 0 saturated heterocycles. The lowest BCUT2D eigenvalue weighted by Gasteiger charge is -2.12. The van der Waals surface area contributed by atoms with Gasteiger partial charge in [-0.2, -0.15) is 0 Å². The van der Waals surface area contributed by atoms with E-state index in [0.717, 1.165) is 21.0 Å². The van der Waals surface area contributed by atoms with E-state index < -0.39 is 0 Å². The smallest absolute Gasteiger partial charge is 0.256 e. The normalized spacial score (nSPS) is 10.1. The van der Waals surface area contributed by atoms with Crippen molar-refractivity contribution in [3.05, 3.63) is 70.7 Å². The van der Waals surface area contributed by atoms with Crippen LogP contribution in [0.15, 0.2) is 65.1 Å². The summed E-state index contributed by atoms with van der Waals surface area (Å²) in [6, 6.07) is 19.1. The number of rotatable bonds is 6. The lowest BCUT2D eigenvalue weighted by atomic mass is 10.0. The summed E-state index contributed by atoms with van der Waals surface area (Å²) in [6.07, 6.45) is 0. The number of hydrogen-bond donors (Lipinski definition) is 1. The molecule has 28 heavy (non-hydrogen) atoms. The molecule has 0 unspecified atom stereocenters. The van der Waals surface area contributed by atoms with Gasteiger partial charge < -0.3 is 14.8 Å². The minimum Gasteiger partial charge on any atom is -0.493 e. The maximum atomic E-state index is 12.8. The van der Waals surface area contributed by atoms with Crippen molar-refractivity contribution < 1.29 is 14.3 Å². The summed E-state index contributed by atoms with van der Waals surface area (Å²) in [4.78, 5) is 12.8. The van der Waals surface area contributed by atoms with E-state index >= 15 is 0 Å². The molecule has 3 rings (SSSR count). The van der Waals surface area contributed by atoms with E-state index in [9.17, 15) is 4.79 Å². The van der Waals surface area contributed by atoms with Gasteiger partial charge in [-0.25, -0.2) is 0 Å². The van der Waals surface area contributed by atoms with Crippen LogP contribution in [0.3, 0.4) is 0 Å². The Balaban J connectivity index is 1.63. The molecule has 142 valence electrons. The van der Waals surface area contributed by atoms with Gasteiger partial charge in [0.15, 0.2) is 0 Å². The molecule has 1 amide bonds. The molecule has 5 heteroatoms. The van der Waals surface area contributed by atoms with E-state index in [1.165, 1.54) is 0 Å². The SMILES string of the molecule is CCOc1ccc2ccccc2c1C(=O)NCC#CCOc1cccc(Br)c1. The van der Waals surface area contributed by atoms with E-state index in [-0.39, 0.29) is 19.1 Å². The van der Waals surface area contributed by atoms with Gasteiger partial charge in [0, 0.05) is 4.47 Å². The predicted octanol–water partition coefficient (Wildman–Crippen LogP) is 4.81. The number of carbonyl (C=O) groups is 1. The van der Waals surface area contributed by atoms with Crippen LogP contribution in [0.2, 0.25) is 0 Å². The molecule has 0 heterocycles. The van der Waals surface area contributed by atoms with Crippen LogP contribution < -0.4 is 14.8 Å². The minimum atomic E-state index is -0.206. The first-order valence-electron chi connectivity index (χ1n) is 8.96. The molecular weight excluding hydrogens is 418 g/mol. The van der Waals surface area contributed by atoms with Crippen molar-refractivity contribution in [3.8, 4) is 23.3 Å². The third-order valence-electron chi connectivity index (χ3n) is 3.99. The van der Waals surface area contributed by atoms with Crippen LogP contribution >= 0.6 is 15.9 Å². The summed E-state index contributed by atoms with van der Waals surface area (Å²) in [5.74, 6) is 6.92. The summed E-state index contributed by atoms with van der Waals surface area (Å²) < 4.78 is 12.1. The first-order chi connectivity index (χ1) is 13.7. The van der Waals surface area contributed by atoms with Gasteiger partial charge in [0.1, 0.15) is 18.1 Å². The molecule has 0 aliphatic heterocycles. The van der Waals surface area contributed by atoms with Gasteiger partial charge in [0.05, 0.1) is 18.7 Å². The molecule has 0 aromatic heterocycles. The molecular formula is C23H20BrNO3. The maximum Gasteiger partial charge on any atom is 0.256 e. The Hall–Kier alpha value is -2.97. The quantitative estimate of drug-likeness (QED) is 0.562. The van der Waals surface area contributed by atoms with Crippen LogP contribution in [0.4, 0.5) is 0 Å². The zero-order chi connectivity index (χ0) is 19.8. The Labute approximate surface area is 173 Å². The van der Waals surface area contributed by atoms with Crippen molar-refractivity contribution in [1.29, 1.82) is 0 Å². The van der Waals surface area contributed by atoms with Crippen LogP contribution in [-0.2, 0) is 0 Å². The van der Waals surface area contributed by atoms with E-state index in [0.29, 0.717) is 17.9 Å². The third-order valence-corrected chi connectivity index (χ3v) is 4.48. The van der Waals surface area contributed by atoms with Crippen molar-refractivity contribution in [2.45, 2.75) is 6.92 Å². The molecule has 0 fully saturated rings. The summed E-state index contributed by atoms with van der Waals surface area (Å²) in [6.45, 7) is 2.87. The standard InChI is InChI=1S/C23H20BrNO3/c1-2-27-21-13-12-17-8-3-4-11-20(17)22(21)23(26)25-14-5-6-15-28-19-10-7-9-18(24)16-19/h3-4,7-13,16H,2,14-15H2,1H3,(H,25,26). The highest BCUT2D eigenvalue weighted by Gasteiger charge is 2.15. The number of benzene rings is 3. The fraction of sp³-hybridized carbons (Fsp3) is 0.174. The van der Waals surface area contributed by atoms with Crippen molar-refractivity contribution in [2.75, 3.05) is 19.8 Å². The number of carbonyl (C=O) groups excluding carboxylic acids is 1. The second-order valence-corrected chi connectivity index (χ2v) is 6.79. The van der Waals surface area contributed by atoms with Crippen molar-refractivity contribution >= 4 is 32.6 Å². The van der Waals surface area contributed by atoms with Gasteiger partial charge in [-0.1, -0.05) is 64.2 Å². The molecule has 4 nitrogen and oxygen atoms in total. The van der Waals surface area contributed by atoms with Crippen LogP contribution in [0, 0.1) is 11.8 Å². The van der Waals surface area contributed by atoms with E-state index in [2.05, 4.69) is 33.1 Å². The molecule has 0 saturated carbocycles. The van der Waals surface area contributed by atoms with E-state index in [1.54, 1.807) is 0 Å². The summed E-state index contributed by atoms with van der Waals surface area (Å²) in [5.41, 5.74) is 0.534. The highest BCUT2D eigenvalue weighted by molar-refractivity contribution is 9.10. The molecule has 0 bridgehead atoms. The maximum absolute atomic E-state index is 12.8. The Morgan fingerprint density at radius 1 is 1.04 bits per heavy atom. The monoisotopic (exact) mass is 437 g/mol.